The zero-order chi connectivity index (χ0) is 54.0. The van der Waals surface area contributed by atoms with Crippen LogP contribution in [0, 0.1) is 0 Å². The fourth-order valence-corrected chi connectivity index (χ4v) is 9.54. The summed E-state index contributed by atoms with van der Waals surface area (Å²) in [5, 5.41) is 56.9. The van der Waals surface area contributed by atoms with E-state index in [2.05, 4.69) is 62.5 Å². The summed E-state index contributed by atoms with van der Waals surface area (Å²) >= 11 is 0. The summed E-state index contributed by atoms with van der Waals surface area (Å²) in [5.74, 6) is -1.20. The molecule has 74 heavy (non-hydrogen) atoms. The van der Waals surface area contributed by atoms with Gasteiger partial charge in [0.05, 0.1) is 25.4 Å². The summed E-state index contributed by atoms with van der Waals surface area (Å²) in [6.45, 7) is 5.76. The first kappa shape index (κ1) is 69.6. The number of aliphatic hydroxyl groups excluding tert-OH is 5. The molecule has 0 aliphatic carbocycles. The minimum atomic E-state index is -1.62. The normalized spacial score (nSPS) is 19.6. The molecule has 0 aromatic heterocycles. The second kappa shape index (κ2) is 51.4. The van der Waals surface area contributed by atoms with Crippen LogP contribution in [0.15, 0.2) is 48.6 Å². The van der Waals surface area contributed by atoms with E-state index in [0.29, 0.717) is 19.3 Å². The third-order valence-electron chi connectivity index (χ3n) is 14.5. The van der Waals surface area contributed by atoms with Crippen molar-refractivity contribution < 1.29 is 49.3 Å². The smallest absolute Gasteiger partial charge is 0.306 e. The van der Waals surface area contributed by atoms with Crippen molar-refractivity contribution in [2.75, 3.05) is 13.2 Å². The second-order valence-corrected chi connectivity index (χ2v) is 21.4. The lowest BCUT2D eigenvalue weighted by atomic mass is 9.99. The van der Waals surface area contributed by atoms with Crippen molar-refractivity contribution >= 4 is 11.9 Å². The molecule has 1 fully saturated rings. The van der Waals surface area contributed by atoms with Gasteiger partial charge in [-0.05, 0) is 64.2 Å². The first-order valence-corrected chi connectivity index (χ1v) is 30.9. The van der Waals surface area contributed by atoms with Crippen molar-refractivity contribution in [3.8, 4) is 0 Å². The van der Waals surface area contributed by atoms with Gasteiger partial charge in [-0.1, -0.05) is 256 Å². The van der Waals surface area contributed by atoms with Gasteiger partial charge in [0.25, 0.3) is 0 Å². The Labute approximate surface area is 453 Å². The Morgan fingerprint density at radius 1 is 0.527 bits per heavy atom. The van der Waals surface area contributed by atoms with Crippen LogP contribution in [0.5, 0.6) is 0 Å². The van der Waals surface area contributed by atoms with Gasteiger partial charge in [-0.2, -0.15) is 0 Å². The molecule has 11 heteroatoms. The van der Waals surface area contributed by atoms with Crippen LogP contribution in [-0.2, 0) is 23.8 Å². The molecule has 432 valence electrons. The Morgan fingerprint density at radius 3 is 1.42 bits per heavy atom. The maximum absolute atomic E-state index is 13.4. The van der Waals surface area contributed by atoms with Crippen LogP contribution in [-0.4, -0.2) is 99.6 Å². The quantitative estimate of drug-likeness (QED) is 0.0195. The predicted molar refractivity (Wildman–Crippen MR) is 306 cm³/mol. The summed E-state index contributed by atoms with van der Waals surface area (Å²) in [4.78, 5) is 26.5. The molecule has 8 unspecified atom stereocenters. The summed E-state index contributed by atoms with van der Waals surface area (Å²) in [7, 11) is 0. The van der Waals surface area contributed by atoms with Crippen molar-refractivity contribution in [3.63, 3.8) is 0 Å². The zero-order valence-corrected chi connectivity index (χ0v) is 47.7. The summed E-state index contributed by atoms with van der Waals surface area (Å²) in [6.07, 6.45) is 51.4. The molecule has 1 aliphatic heterocycles. The SMILES string of the molecule is CCCCC/C=C\C/C=C\C/C=C\CCCCCCCCC(=O)OC1C(OCC(NC(=O)C(O)CCCCCCCCCCCCCCCC)C(O)/C=C/CCCCCCCCCCCC)OC(CO)C(O)C1O. The summed E-state index contributed by atoms with van der Waals surface area (Å²) in [6, 6.07) is -1.02. The van der Waals surface area contributed by atoms with E-state index in [9.17, 15) is 35.1 Å². The molecule has 0 aromatic rings. The standard InChI is InChI=1S/C63H115NO10/c1-4-7-10-13-16-19-22-25-27-28-29-30-31-33-36-39-42-45-48-51-58(68)74-61-60(70)59(69)57(52-65)73-63(61)72-53-54(55(66)49-46-43-40-37-34-24-21-18-15-12-9-6-3)64-62(71)56(67)50-47-44-41-38-35-32-26-23-20-17-14-11-8-5-2/h16,19,25,27,29-30,46,49,54-57,59-61,63,65-67,69-70H,4-15,17-18,20-24,26,28,31-45,47-48,50-53H2,1-3H3,(H,64,71)/b19-16-,27-25-,30-29-,49-46+. The van der Waals surface area contributed by atoms with Gasteiger partial charge in [0.15, 0.2) is 12.4 Å². The molecule has 11 nitrogen and oxygen atoms in total. The topological polar surface area (TPSA) is 175 Å². The molecule has 1 heterocycles. The highest BCUT2D eigenvalue weighted by Crippen LogP contribution is 2.26. The summed E-state index contributed by atoms with van der Waals surface area (Å²) in [5.41, 5.74) is 0. The molecule has 6 N–H and O–H groups in total. The first-order chi connectivity index (χ1) is 36.2. The lowest BCUT2D eigenvalue weighted by Crippen LogP contribution is -2.61. The van der Waals surface area contributed by atoms with Crippen LogP contribution >= 0.6 is 0 Å². The van der Waals surface area contributed by atoms with Gasteiger partial charge in [-0.25, -0.2) is 0 Å². The molecule has 1 rings (SSSR count). The number of allylic oxidation sites excluding steroid dienone is 7. The second-order valence-electron chi connectivity index (χ2n) is 21.4. The van der Waals surface area contributed by atoms with Crippen LogP contribution in [0.3, 0.4) is 0 Å². The van der Waals surface area contributed by atoms with Crippen LogP contribution in [0.4, 0.5) is 0 Å². The van der Waals surface area contributed by atoms with Crippen molar-refractivity contribution in [1.82, 2.24) is 5.32 Å². The number of hydrogen-bond donors (Lipinski definition) is 6. The van der Waals surface area contributed by atoms with Gasteiger partial charge in [0.1, 0.15) is 24.4 Å². The predicted octanol–water partition coefficient (Wildman–Crippen LogP) is 14.4. The van der Waals surface area contributed by atoms with Crippen LogP contribution in [0.2, 0.25) is 0 Å². The lowest BCUT2D eigenvalue weighted by molar-refractivity contribution is -0.305. The monoisotopic (exact) mass is 1050 g/mol. The van der Waals surface area contributed by atoms with E-state index < -0.39 is 67.4 Å². The van der Waals surface area contributed by atoms with Crippen molar-refractivity contribution in [2.45, 2.75) is 327 Å². The maximum Gasteiger partial charge on any atom is 0.306 e. The third kappa shape index (κ3) is 39.1. The molecule has 0 aromatic carbocycles. The number of rotatable bonds is 52. The molecular formula is C63H115NO10. The van der Waals surface area contributed by atoms with E-state index in [1.165, 1.54) is 141 Å². The average molecular weight is 1050 g/mol. The highest BCUT2D eigenvalue weighted by atomic mass is 16.7. The van der Waals surface area contributed by atoms with E-state index in [4.69, 9.17) is 14.2 Å². The molecule has 1 amide bonds. The summed E-state index contributed by atoms with van der Waals surface area (Å²) < 4.78 is 17.6. The van der Waals surface area contributed by atoms with E-state index in [1.54, 1.807) is 6.08 Å². The van der Waals surface area contributed by atoms with Gasteiger partial charge in [-0.15, -0.1) is 0 Å². The Hall–Kier alpha value is -2.38. The van der Waals surface area contributed by atoms with Crippen molar-refractivity contribution in [1.29, 1.82) is 0 Å². The molecule has 0 spiro atoms. The minimum Gasteiger partial charge on any atom is -0.454 e. The number of carbonyl (C=O) groups is 2. The Bertz CT molecular complexity index is 1390. The molecule has 8 atom stereocenters. The van der Waals surface area contributed by atoms with Crippen LogP contribution < -0.4 is 5.32 Å². The number of hydrogen-bond acceptors (Lipinski definition) is 10. The number of aliphatic hydroxyl groups is 5. The number of amides is 1. The number of nitrogens with one attached hydrogen (secondary N) is 1. The van der Waals surface area contributed by atoms with Gasteiger partial charge in [0, 0.05) is 6.42 Å². The largest absolute Gasteiger partial charge is 0.454 e. The average Bonchev–Trinajstić information content (AvgIpc) is 3.40. The van der Waals surface area contributed by atoms with Gasteiger partial charge in [-0.3, -0.25) is 9.59 Å². The van der Waals surface area contributed by atoms with E-state index >= 15 is 0 Å². The number of carbonyl (C=O) groups excluding carboxylic acids is 2. The number of unbranched alkanes of at least 4 members (excludes halogenated alkanes) is 32. The molecule has 0 saturated carbocycles. The van der Waals surface area contributed by atoms with Crippen LogP contribution in [0.1, 0.15) is 278 Å². The molecule has 0 bridgehead atoms. The molecule has 0 radical (unpaired) electrons. The maximum atomic E-state index is 13.4. The van der Waals surface area contributed by atoms with Crippen molar-refractivity contribution in [3.05, 3.63) is 48.6 Å². The Kier molecular flexibility index (Phi) is 48.3. The van der Waals surface area contributed by atoms with Gasteiger partial charge in [0.2, 0.25) is 5.91 Å². The number of esters is 1. The number of ether oxygens (including phenoxy) is 3. The zero-order valence-electron chi connectivity index (χ0n) is 47.7. The van der Waals surface area contributed by atoms with Gasteiger partial charge < -0.3 is 45.1 Å². The molecule has 1 aliphatic rings. The highest BCUT2D eigenvalue weighted by Gasteiger charge is 2.47. The van der Waals surface area contributed by atoms with Crippen molar-refractivity contribution in [2.24, 2.45) is 0 Å². The fraction of sp³-hybridized carbons (Fsp3) is 0.841. The molecular weight excluding hydrogens is 931 g/mol. The van der Waals surface area contributed by atoms with Crippen LogP contribution in [0.25, 0.3) is 0 Å². The third-order valence-corrected chi connectivity index (χ3v) is 14.5. The minimum absolute atomic E-state index is 0.110. The fourth-order valence-electron chi connectivity index (χ4n) is 9.54. The highest BCUT2D eigenvalue weighted by molar-refractivity contribution is 5.80. The van der Waals surface area contributed by atoms with Gasteiger partial charge >= 0.3 is 5.97 Å². The van der Waals surface area contributed by atoms with E-state index in [1.807, 2.05) is 6.08 Å². The first-order valence-electron chi connectivity index (χ1n) is 30.9. The van der Waals surface area contributed by atoms with E-state index in [-0.39, 0.29) is 13.0 Å². The lowest BCUT2D eigenvalue weighted by Gasteiger charge is -2.41. The Morgan fingerprint density at radius 2 is 0.932 bits per heavy atom. The Balaban J connectivity index is 2.69. The van der Waals surface area contributed by atoms with E-state index in [0.717, 1.165) is 89.9 Å². The molecule has 1 saturated heterocycles.